The molecule has 0 aliphatic heterocycles. The highest BCUT2D eigenvalue weighted by molar-refractivity contribution is 5.92. The maximum absolute atomic E-state index is 12.1. The predicted molar refractivity (Wildman–Crippen MR) is 86.0 cm³/mol. The third-order valence-electron chi connectivity index (χ3n) is 3.65. The Morgan fingerprint density at radius 3 is 2.38 bits per heavy atom. The summed E-state index contributed by atoms with van der Waals surface area (Å²) in [4.78, 5) is 4.40. The number of hydrogen-bond acceptors (Lipinski definition) is 2. The SMILES string of the molecule is NC(=NC1CC1c1ccccc1)Nc1ccc(OC(F)(F)F)cc1. The molecule has 0 radical (unpaired) electrons. The predicted octanol–water partition coefficient (Wildman–Crippen LogP) is 3.87. The number of aliphatic imine (C=N–C) groups is 1. The van der Waals surface area contributed by atoms with Gasteiger partial charge >= 0.3 is 6.36 Å². The van der Waals surface area contributed by atoms with Crippen molar-refractivity contribution < 1.29 is 17.9 Å². The Labute approximate surface area is 137 Å². The van der Waals surface area contributed by atoms with Gasteiger partial charge in [0.05, 0.1) is 6.04 Å². The fraction of sp³-hybridized carbons (Fsp3) is 0.235. The van der Waals surface area contributed by atoms with Gasteiger partial charge in [-0.25, -0.2) is 4.99 Å². The second kappa shape index (κ2) is 6.43. The number of benzene rings is 2. The molecule has 1 saturated carbocycles. The zero-order chi connectivity index (χ0) is 17.2. The van der Waals surface area contributed by atoms with Crippen LogP contribution in [-0.2, 0) is 0 Å². The van der Waals surface area contributed by atoms with Crippen LogP contribution in [0.5, 0.6) is 5.75 Å². The van der Waals surface area contributed by atoms with Crippen molar-refractivity contribution in [2.24, 2.45) is 10.7 Å². The van der Waals surface area contributed by atoms with E-state index in [-0.39, 0.29) is 17.8 Å². The minimum atomic E-state index is -4.70. The third-order valence-corrected chi connectivity index (χ3v) is 3.65. The van der Waals surface area contributed by atoms with Gasteiger partial charge in [0.15, 0.2) is 5.96 Å². The van der Waals surface area contributed by atoms with Crippen molar-refractivity contribution in [1.82, 2.24) is 0 Å². The monoisotopic (exact) mass is 335 g/mol. The topological polar surface area (TPSA) is 59.6 Å². The molecular weight excluding hydrogens is 319 g/mol. The zero-order valence-electron chi connectivity index (χ0n) is 12.6. The lowest BCUT2D eigenvalue weighted by molar-refractivity contribution is -0.274. The summed E-state index contributed by atoms with van der Waals surface area (Å²) in [5.41, 5.74) is 7.63. The van der Waals surface area contributed by atoms with Gasteiger partial charge in [-0.15, -0.1) is 13.2 Å². The van der Waals surface area contributed by atoms with Gasteiger partial charge in [0.2, 0.25) is 0 Å². The fourth-order valence-corrected chi connectivity index (χ4v) is 2.48. The second-order valence-electron chi connectivity index (χ2n) is 5.53. The molecule has 0 aromatic heterocycles. The third kappa shape index (κ3) is 4.41. The lowest BCUT2D eigenvalue weighted by atomic mass is 10.1. The van der Waals surface area contributed by atoms with E-state index in [0.717, 1.165) is 6.42 Å². The van der Waals surface area contributed by atoms with Crippen molar-refractivity contribution in [1.29, 1.82) is 0 Å². The maximum Gasteiger partial charge on any atom is 0.573 e. The molecule has 0 amide bonds. The van der Waals surface area contributed by atoms with E-state index < -0.39 is 6.36 Å². The lowest BCUT2D eigenvalue weighted by Gasteiger charge is -2.10. The Kier molecular flexibility index (Phi) is 4.33. The van der Waals surface area contributed by atoms with Gasteiger partial charge in [-0.3, -0.25) is 0 Å². The zero-order valence-corrected chi connectivity index (χ0v) is 12.6. The van der Waals surface area contributed by atoms with Crippen molar-refractivity contribution in [3.05, 3.63) is 60.2 Å². The van der Waals surface area contributed by atoms with Gasteiger partial charge in [-0.2, -0.15) is 0 Å². The quantitative estimate of drug-likeness (QED) is 0.659. The number of alkyl halides is 3. The Morgan fingerprint density at radius 1 is 1.08 bits per heavy atom. The van der Waals surface area contributed by atoms with E-state index in [2.05, 4.69) is 27.2 Å². The smallest absolute Gasteiger partial charge is 0.406 e. The molecule has 0 spiro atoms. The van der Waals surface area contributed by atoms with Crippen LogP contribution in [0, 0.1) is 0 Å². The number of ether oxygens (including phenoxy) is 1. The molecule has 0 bridgehead atoms. The van der Waals surface area contributed by atoms with Crippen LogP contribution < -0.4 is 15.8 Å². The molecule has 24 heavy (non-hydrogen) atoms. The highest BCUT2D eigenvalue weighted by Gasteiger charge is 2.38. The minimum Gasteiger partial charge on any atom is -0.406 e. The first-order chi connectivity index (χ1) is 11.4. The van der Waals surface area contributed by atoms with E-state index in [9.17, 15) is 13.2 Å². The molecule has 2 aromatic carbocycles. The van der Waals surface area contributed by atoms with Crippen LogP contribution in [0.4, 0.5) is 18.9 Å². The van der Waals surface area contributed by atoms with Gasteiger partial charge in [-0.05, 0) is 36.2 Å². The van der Waals surface area contributed by atoms with Crippen LogP contribution in [0.3, 0.4) is 0 Å². The number of hydrogen-bond donors (Lipinski definition) is 2. The molecule has 2 atom stereocenters. The van der Waals surface area contributed by atoms with E-state index >= 15 is 0 Å². The van der Waals surface area contributed by atoms with Crippen LogP contribution in [0.25, 0.3) is 0 Å². The Morgan fingerprint density at radius 2 is 1.75 bits per heavy atom. The summed E-state index contributed by atoms with van der Waals surface area (Å²) in [6, 6.07) is 15.5. The molecule has 7 heteroatoms. The number of rotatable bonds is 4. The van der Waals surface area contributed by atoms with E-state index in [0.29, 0.717) is 11.6 Å². The van der Waals surface area contributed by atoms with E-state index in [1.165, 1.54) is 29.8 Å². The standard InChI is InChI=1S/C17H16F3N3O/c18-17(19,20)24-13-8-6-12(7-9-13)22-16(21)23-15-10-14(15)11-4-2-1-3-5-11/h1-9,14-15H,10H2,(H3,21,22,23). The molecule has 1 aliphatic rings. The Bertz CT molecular complexity index is 714. The molecule has 2 unspecified atom stereocenters. The number of nitrogens with zero attached hydrogens (tertiary/aromatic N) is 1. The van der Waals surface area contributed by atoms with E-state index in [1.807, 2.05) is 18.2 Å². The van der Waals surface area contributed by atoms with Crippen molar-refractivity contribution in [2.45, 2.75) is 24.7 Å². The summed E-state index contributed by atoms with van der Waals surface area (Å²) in [5, 5.41) is 2.87. The van der Waals surface area contributed by atoms with Gasteiger partial charge in [0.25, 0.3) is 0 Å². The van der Waals surface area contributed by atoms with Crippen LogP contribution in [0.2, 0.25) is 0 Å². The number of guanidine groups is 1. The molecule has 3 rings (SSSR count). The van der Waals surface area contributed by atoms with Gasteiger partial charge in [-0.1, -0.05) is 30.3 Å². The molecule has 3 N–H and O–H groups in total. The van der Waals surface area contributed by atoms with Crippen molar-refractivity contribution in [3.8, 4) is 5.75 Å². The lowest BCUT2D eigenvalue weighted by Crippen LogP contribution is -2.23. The first-order valence-corrected chi connectivity index (χ1v) is 7.42. The Hall–Kier alpha value is -2.70. The van der Waals surface area contributed by atoms with E-state index in [4.69, 9.17) is 5.73 Å². The van der Waals surface area contributed by atoms with Crippen LogP contribution >= 0.6 is 0 Å². The average Bonchev–Trinajstić information content (AvgIpc) is 3.28. The van der Waals surface area contributed by atoms with Gasteiger partial charge in [0.1, 0.15) is 5.75 Å². The molecule has 4 nitrogen and oxygen atoms in total. The molecular formula is C17H16F3N3O. The summed E-state index contributed by atoms with van der Waals surface area (Å²) in [6.07, 6.45) is -3.77. The number of halogens is 3. The summed E-state index contributed by atoms with van der Waals surface area (Å²) < 4.78 is 40.1. The van der Waals surface area contributed by atoms with E-state index in [1.54, 1.807) is 0 Å². The highest BCUT2D eigenvalue weighted by atomic mass is 19.4. The summed E-state index contributed by atoms with van der Waals surface area (Å²) >= 11 is 0. The van der Waals surface area contributed by atoms with Gasteiger partial charge in [0, 0.05) is 11.6 Å². The summed E-state index contributed by atoms with van der Waals surface area (Å²) in [5.74, 6) is 0.326. The normalized spacial score (nSPS) is 20.5. The number of nitrogens with one attached hydrogen (secondary N) is 1. The summed E-state index contributed by atoms with van der Waals surface area (Å²) in [7, 11) is 0. The average molecular weight is 335 g/mol. The number of nitrogens with two attached hydrogens (primary N) is 1. The fourth-order valence-electron chi connectivity index (χ4n) is 2.48. The maximum atomic E-state index is 12.1. The largest absolute Gasteiger partial charge is 0.573 e. The minimum absolute atomic E-state index is 0.132. The number of anilines is 1. The highest BCUT2D eigenvalue weighted by Crippen LogP contribution is 2.43. The molecule has 126 valence electrons. The van der Waals surface area contributed by atoms with Gasteiger partial charge < -0.3 is 15.8 Å². The van der Waals surface area contributed by atoms with Crippen LogP contribution in [-0.4, -0.2) is 18.4 Å². The molecule has 0 heterocycles. The molecule has 1 aliphatic carbocycles. The summed E-state index contributed by atoms with van der Waals surface area (Å²) in [6.45, 7) is 0. The van der Waals surface area contributed by atoms with Crippen molar-refractivity contribution >= 4 is 11.6 Å². The second-order valence-corrected chi connectivity index (χ2v) is 5.53. The molecule has 0 saturated heterocycles. The van der Waals surface area contributed by atoms with Crippen molar-refractivity contribution in [2.75, 3.05) is 5.32 Å². The van der Waals surface area contributed by atoms with Crippen LogP contribution in [0.15, 0.2) is 59.6 Å². The molecule has 2 aromatic rings. The molecule has 1 fully saturated rings. The Balaban J connectivity index is 1.56. The van der Waals surface area contributed by atoms with Crippen LogP contribution in [0.1, 0.15) is 17.9 Å². The first kappa shape index (κ1) is 16.2. The first-order valence-electron chi connectivity index (χ1n) is 7.42. The van der Waals surface area contributed by atoms with Crippen molar-refractivity contribution in [3.63, 3.8) is 0 Å².